The third kappa shape index (κ3) is 4.39. The van der Waals surface area contributed by atoms with Gasteiger partial charge in [-0.1, -0.05) is 18.2 Å². The van der Waals surface area contributed by atoms with Gasteiger partial charge in [-0.05, 0) is 48.0 Å². The van der Waals surface area contributed by atoms with Crippen LogP contribution in [0.1, 0.15) is 27.2 Å². The molecule has 5 nitrogen and oxygen atoms in total. The van der Waals surface area contributed by atoms with E-state index in [1.165, 1.54) is 35.0 Å². The van der Waals surface area contributed by atoms with Gasteiger partial charge in [0.2, 0.25) is 0 Å². The van der Waals surface area contributed by atoms with Gasteiger partial charge < -0.3 is 14.9 Å². The molecule has 0 spiro atoms. The molecule has 0 fully saturated rings. The third-order valence-electron chi connectivity index (χ3n) is 5.77. The number of rotatable bonds is 4. The minimum atomic E-state index is -4.65. The molecule has 0 radical (unpaired) electrons. The van der Waals surface area contributed by atoms with Crippen molar-refractivity contribution in [2.45, 2.75) is 18.9 Å². The van der Waals surface area contributed by atoms with Gasteiger partial charge in [0.1, 0.15) is 11.3 Å². The minimum absolute atomic E-state index is 0.0682. The van der Waals surface area contributed by atoms with Gasteiger partial charge in [0.15, 0.2) is 0 Å². The standard InChI is InChI=1S/C25H16F6N4O/c26-24(27,28)17-5-6-20-16(9-17)11-21(23(36)34-18-10-14-7-8-32-22(14)33-12-18)35(20)13-15-3-1-2-4-19(15)25(29,30)31/h1-12H,13H2,(H,32,33)(H,34,36). The summed E-state index contributed by atoms with van der Waals surface area (Å²) in [5.41, 5.74) is -0.975. The van der Waals surface area contributed by atoms with Crippen molar-refractivity contribution in [3.8, 4) is 0 Å². The number of hydrogen-bond donors (Lipinski definition) is 2. The molecule has 2 aromatic carbocycles. The Morgan fingerprint density at radius 1 is 0.917 bits per heavy atom. The number of anilines is 1. The van der Waals surface area contributed by atoms with Crippen LogP contribution < -0.4 is 5.32 Å². The van der Waals surface area contributed by atoms with E-state index in [9.17, 15) is 31.1 Å². The average Bonchev–Trinajstić information content (AvgIpc) is 3.42. The summed E-state index contributed by atoms with van der Waals surface area (Å²) in [5.74, 6) is -0.707. The molecule has 3 aromatic heterocycles. The largest absolute Gasteiger partial charge is 0.416 e. The summed E-state index contributed by atoms with van der Waals surface area (Å²) < 4.78 is 81.9. The van der Waals surface area contributed by atoms with Crippen molar-refractivity contribution in [2.24, 2.45) is 0 Å². The molecule has 184 valence electrons. The molecule has 0 aliphatic carbocycles. The summed E-state index contributed by atoms with van der Waals surface area (Å²) in [6, 6.07) is 12.3. The molecule has 0 aliphatic heterocycles. The van der Waals surface area contributed by atoms with Gasteiger partial charge in [0.25, 0.3) is 5.91 Å². The third-order valence-corrected chi connectivity index (χ3v) is 5.77. The van der Waals surface area contributed by atoms with Gasteiger partial charge in [-0.25, -0.2) is 4.98 Å². The number of aromatic amines is 1. The Balaban J connectivity index is 1.61. The number of fused-ring (bicyclic) bond motifs is 2. The highest BCUT2D eigenvalue weighted by Crippen LogP contribution is 2.35. The number of halogens is 6. The first kappa shape index (κ1) is 23.5. The molecule has 1 amide bonds. The number of nitrogens with one attached hydrogen (secondary N) is 2. The van der Waals surface area contributed by atoms with Crippen molar-refractivity contribution in [1.29, 1.82) is 0 Å². The van der Waals surface area contributed by atoms with Gasteiger partial charge in [-0.3, -0.25) is 4.79 Å². The Morgan fingerprint density at radius 2 is 1.69 bits per heavy atom. The van der Waals surface area contributed by atoms with E-state index in [0.717, 1.165) is 24.3 Å². The predicted octanol–water partition coefficient (Wildman–Crippen LogP) is 6.86. The number of carbonyl (C=O) groups excluding carboxylic acids is 1. The summed E-state index contributed by atoms with van der Waals surface area (Å²) in [6.07, 6.45) is -6.22. The summed E-state index contributed by atoms with van der Waals surface area (Å²) in [5, 5.41) is 3.42. The molecular formula is C25H16F6N4O. The summed E-state index contributed by atoms with van der Waals surface area (Å²) in [7, 11) is 0. The second kappa shape index (κ2) is 8.43. The molecule has 0 bridgehead atoms. The Bertz CT molecular complexity index is 1600. The zero-order chi connectivity index (χ0) is 25.7. The van der Waals surface area contributed by atoms with Crippen molar-refractivity contribution in [3.63, 3.8) is 0 Å². The Hall–Kier alpha value is -4.28. The molecule has 11 heteroatoms. The number of carbonyl (C=O) groups is 1. The molecule has 2 N–H and O–H groups in total. The lowest BCUT2D eigenvalue weighted by Crippen LogP contribution is -2.19. The maximum atomic E-state index is 13.6. The molecule has 0 aliphatic rings. The van der Waals surface area contributed by atoms with Crippen molar-refractivity contribution in [1.82, 2.24) is 14.5 Å². The molecule has 0 atom stereocenters. The Kier molecular flexibility index (Phi) is 5.50. The molecule has 5 rings (SSSR count). The SMILES string of the molecule is O=C(Nc1cnc2[nH]ccc2c1)c1cc2cc(C(F)(F)F)ccc2n1Cc1ccccc1C(F)(F)F. The monoisotopic (exact) mass is 502 g/mol. The van der Waals surface area contributed by atoms with E-state index in [1.54, 1.807) is 18.3 Å². The number of alkyl halides is 6. The average molecular weight is 502 g/mol. The maximum Gasteiger partial charge on any atom is 0.416 e. The van der Waals surface area contributed by atoms with Crippen LogP contribution in [0, 0.1) is 0 Å². The van der Waals surface area contributed by atoms with Crippen LogP contribution >= 0.6 is 0 Å². The zero-order valence-electron chi connectivity index (χ0n) is 18.2. The zero-order valence-corrected chi connectivity index (χ0v) is 18.2. The highest BCUT2D eigenvalue weighted by atomic mass is 19.4. The molecular weight excluding hydrogens is 486 g/mol. The van der Waals surface area contributed by atoms with Crippen LogP contribution in [0.3, 0.4) is 0 Å². The number of nitrogens with zero attached hydrogens (tertiary/aromatic N) is 2. The van der Waals surface area contributed by atoms with Gasteiger partial charge in [-0.2, -0.15) is 26.3 Å². The topological polar surface area (TPSA) is 62.7 Å². The summed E-state index contributed by atoms with van der Waals surface area (Å²) >= 11 is 0. The van der Waals surface area contributed by atoms with E-state index >= 15 is 0 Å². The Labute approximate surface area is 199 Å². The Morgan fingerprint density at radius 3 is 2.44 bits per heavy atom. The van der Waals surface area contributed by atoms with E-state index in [2.05, 4.69) is 15.3 Å². The number of H-pyrrole nitrogens is 1. The van der Waals surface area contributed by atoms with Crippen molar-refractivity contribution >= 4 is 33.5 Å². The number of hydrogen-bond acceptors (Lipinski definition) is 2. The predicted molar refractivity (Wildman–Crippen MR) is 122 cm³/mol. The van der Waals surface area contributed by atoms with Crippen molar-refractivity contribution in [3.05, 3.63) is 95.4 Å². The van der Waals surface area contributed by atoms with E-state index in [0.29, 0.717) is 16.7 Å². The summed E-state index contributed by atoms with van der Waals surface area (Å²) in [4.78, 5) is 20.3. The first-order chi connectivity index (χ1) is 17.0. The van der Waals surface area contributed by atoms with E-state index < -0.39 is 29.4 Å². The van der Waals surface area contributed by atoms with Gasteiger partial charge in [-0.15, -0.1) is 0 Å². The van der Waals surface area contributed by atoms with Crippen LogP contribution in [0.25, 0.3) is 21.9 Å². The van der Waals surface area contributed by atoms with Crippen LogP contribution in [0.5, 0.6) is 0 Å². The quantitative estimate of drug-likeness (QED) is 0.264. The van der Waals surface area contributed by atoms with Crippen molar-refractivity contribution in [2.75, 3.05) is 5.32 Å². The van der Waals surface area contributed by atoms with Crippen LogP contribution in [0.15, 0.2) is 73.1 Å². The molecule has 3 heterocycles. The van der Waals surface area contributed by atoms with Gasteiger partial charge in [0.05, 0.1) is 23.0 Å². The fraction of sp³-hybridized carbons (Fsp3) is 0.120. The van der Waals surface area contributed by atoms with Crippen LogP contribution in [0.2, 0.25) is 0 Å². The number of amides is 1. The fourth-order valence-corrected chi connectivity index (χ4v) is 4.11. The van der Waals surface area contributed by atoms with E-state index in [4.69, 9.17) is 0 Å². The minimum Gasteiger partial charge on any atom is -0.346 e. The van der Waals surface area contributed by atoms with E-state index in [1.807, 2.05) is 0 Å². The van der Waals surface area contributed by atoms with E-state index in [-0.39, 0.29) is 28.7 Å². The number of aromatic nitrogens is 3. The fourth-order valence-electron chi connectivity index (χ4n) is 4.11. The van der Waals surface area contributed by atoms with Crippen LogP contribution in [-0.2, 0) is 18.9 Å². The lowest BCUT2D eigenvalue weighted by Gasteiger charge is -2.16. The highest BCUT2D eigenvalue weighted by molar-refractivity contribution is 6.07. The number of pyridine rings is 1. The normalized spacial score (nSPS) is 12.4. The molecule has 5 aromatic rings. The van der Waals surface area contributed by atoms with Crippen LogP contribution in [-0.4, -0.2) is 20.4 Å². The lowest BCUT2D eigenvalue weighted by molar-refractivity contribution is -0.138. The second-order valence-electron chi connectivity index (χ2n) is 8.14. The number of benzene rings is 2. The highest BCUT2D eigenvalue weighted by Gasteiger charge is 2.34. The molecule has 36 heavy (non-hydrogen) atoms. The van der Waals surface area contributed by atoms with Gasteiger partial charge >= 0.3 is 12.4 Å². The molecule has 0 saturated carbocycles. The van der Waals surface area contributed by atoms with Crippen LogP contribution in [0.4, 0.5) is 32.0 Å². The van der Waals surface area contributed by atoms with Gasteiger partial charge in [0, 0.05) is 29.0 Å². The first-order valence-corrected chi connectivity index (χ1v) is 10.6. The lowest BCUT2D eigenvalue weighted by atomic mass is 10.1. The molecule has 0 saturated heterocycles. The smallest absolute Gasteiger partial charge is 0.346 e. The second-order valence-corrected chi connectivity index (χ2v) is 8.14. The maximum absolute atomic E-state index is 13.6. The first-order valence-electron chi connectivity index (χ1n) is 10.6. The molecule has 0 unspecified atom stereocenters. The summed E-state index contributed by atoms with van der Waals surface area (Å²) in [6.45, 7) is -0.387. The van der Waals surface area contributed by atoms with Crippen molar-refractivity contribution < 1.29 is 31.1 Å².